The Morgan fingerprint density at radius 3 is 2.38 bits per heavy atom. The second-order valence-corrected chi connectivity index (χ2v) is 12.0. The highest BCUT2D eigenvalue weighted by Crippen LogP contribution is 2.66. The minimum atomic E-state index is -1.74. The highest BCUT2D eigenvalue weighted by atomic mass is 35.6. The summed E-state index contributed by atoms with van der Waals surface area (Å²) in [6.07, 6.45) is 5.24. The van der Waals surface area contributed by atoms with E-state index in [9.17, 15) is 14.7 Å². The molecule has 0 heterocycles. The van der Waals surface area contributed by atoms with Gasteiger partial charge in [-0.2, -0.15) is 0 Å². The fourth-order valence-electron chi connectivity index (χ4n) is 6.96. The van der Waals surface area contributed by atoms with Crippen LogP contribution in [0, 0.1) is 34.5 Å². The van der Waals surface area contributed by atoms with Crippen LogP contribution in [0.15, 0.2) is 0 Å². The van der Waals surface area contributed by atoms with Crippen molar-refractivity contribution in [2.24, 2.45) is 34.5 Å². The molecule has 0 amide bonds. The number of carbonyl (C=O) groups is 2. The third-order valence-corrected chi connectivity index (χ3v) is 9.82. The van der Waals surface area contributed by atoms with Crippen molar-refractivity contribution in [2.45, 2.75) is 74.6 Å². The number of halogens is 3. The van der Waals surface area contributed by atoms with Crippen LogP contribution in [0.25, 0.3) is 0 Å². The van der Waals surface area contributed by atoms with Crippen molar-refractivity contribution in [2.75, 3.05) is 0 Å². The molecule has 0 aromatic heterocycles. The van der Waals surface area contributed by atoms with Crippen LogP contribution in [-0.2, 0) is 9.59 Å². The lowest BCUT2D eigenvalue weighted by Gasteiger charge is -2.61. The number of fused-ring (bicyclic) bond motifs is 5. The Balaban J connectivity index is 1.66. The normalized spacial score (nSPS) is 51.6. The monoisotopic (exact) mass is 420 g/mol. The van der Waals surface area contributed by atoms with Crippen LogP contribution in [-0.4, -0.2) is 26.1 Å². The van der Waals surface area contributed by atoms with Crippen molar-refractivity contribution < 1.29 is 14.7 Å². The van der Waals surface area contributed by atoms with E-state index in [1.54, 1.807) is 0 Å². The van der Waals surface area contributed by atoms with Gasteiger partial charge in [0.25, 0.3) is 0 Å². The van der Waals surface area contributed by atoms with E-state index in [0.29, 0.717) is 31.5 Å². The molecular weight excluding hydrogens is 395 g/mol. The summed E-state index contributed by atoms with van der Waals surface area (Å²) >= 11 is 18.2. The standard InChI is InChI=1S/C20H27Cl3O3/c1-17-7-8-19(26,20(21,22)23)10-11(17)9-14(24)16-12-3-4-15(25)18(12,2)6-5-13(16)17/h11-13,16,26H,3-10H2,1-2H3/t11-,12+,13-,16-,17-,18-,19-/m0/s1. The van der Waals surface area contributed by atoms with Crippen molar-refractivity contribution in [1.29, 1.82) is 0 Å². The Bertz CT molecular complexity index is 659. The number of alkyl halides is 3. The van der Waals surface area contributed by atoms with E-state index < -0.39 is 9.39 Å². The summed E-state index contributed by atoms with van der Waals surface area (Å²) in [6.45, 7) is 4.34. The molecule has 3 nitrogen and oxygen atoms in total. The highest BCUT2D eigenvalue weighted by Gasteiger charge is 2.65. The lowest BCUT2D eigenvalue weighted by molar-refractivity contribution is -0.167. The van der Waals surface area contributed by atoms with E-state index in [1.807, 2.05) is 0 Å². The van der Waals surface area contributed by atoms with Gasteiger partial charge in [-0.1, -0.05) is 48.7 Å². The average molecular weight is 422 g/mol. The Morgan fingerprint density at radius 2 is 1.73 bits per heavy atom. The third kappa shape index (κ3) is 2.49. The number of rotatable bonds is 0. The van der Waals surface area contributed by atoms with E-state index >= 15 is 0 Å². The summed E-state index contributed by atoms with van der Waals surface area (Å²) in [5.41, 5.74) is -1.72. The molecule has 4 saturated carbocycles. The molecule has 4 aliphatic carbocycles. The molecule has 4 rings (SSSR count). The summed E-state index contributed by atoms with van der Waals surface area (Å²) in [6, 6.07) is 0. The van der Waals surface area contributed by atoms with Gasteiger partial charge >= 0.3 is 0 Å². The van der Waals surface area contributed by atoms with Crippen LogP contribution < -0.4 is 0 Å². The van der Waals surface area contributed by atoms with E-state index in [1.165, 1.54) is 0 Å². The second-order valence-electron chi connectivity index (χ2n) is 9.76. The Morgan fingerprint density at radius 1 is 1.04 bits per heavy atom. The molecule has 0 aliphatic heterocycles. The fourth-order valence-corrected chi connectivity index (χ4v) is 7.47. The quantitative estimate of drug-likeness (QED) is 0.567. The smallest absolute Gasteiger partial charge is 0.218 e. The Labute approximate surface area is 170 Å². The van der Waals surface area contributed by atoms with Gasteiger partial charge in [-0.05, 0) is 61.7 Å². The largest absolute Gasteiger partial charge is 0.385 e. The summed E-state index contributed by atoms with van der Waals surface area (Å²) in [4.78, 5) is 25.7. The van der Waals surface area contributed by atoms with Crippen molar-refractivity contribution in [3.8, 4) is 0 Å². The van der Waals surface area contributed by atoms with Gasteiger partial charge in [0, 0.05) is 24.2 Å². The van der Waals surface area contributed by atoms with Crippen molar-refractivity contribution in [3.05, 3.63) is 0 Å². The molecule has 0 aromatic rings. The summed E-state index contributed by atoms with van der Waals surface area (Å²) in [5, 5.41) is 10.9. The van der Waals surface area contributed by atoms with Gasteiger partial charge < -0.3 is 5.11 Å². The molecule has 26 heavy (non-hydrogen) atoms. The zero-order chi connectivity index (χ0) is 19.1. The number of hydrogen-bond acceptors (Lipinski definition) is 3. The van der Waals surface area contributed by atoms with Crippen LogP contribution in [0.5, 0.6) is 0 Å². The molecule has 146 valence electrons. The SMILES string of the molecule is C[C@]12CC[C@@](O)(C(Cl)(Cl)Cl)C[C@@H]1CC(=O)[C@H]1[C@H]3CCC(=O)[C@@]3(C)CC[C@@H]12. The molecule has 4 aliphatic rings. The van der Waals surface area contributed by atoms with Gasteiger partial charge in [0.05, 0.1) is 0 Å². The van der Waals surface area contributed by atoms with E-state index in [-0.39, 0.29) is 40.3 Å². The fraction of sp³-hybridized carbons (Fsp3) is 0.900. The van der Waals surface area contributed by atoms with Crippen LogP contribution in [0.1, 0.15) is 65.2 Å². The maximum atomic E-state index is 13.2. The predicted molar refractivity (Wildman–Crippen MR) is 102 cm³/mol. The van der Waals surface area contributed by atoms with Crippen LogP contribution >= 0.6 is 34.8 Å². The molecule has 0 bridgehead atoms. The maximum absolute atomic E-state index is 13.2. The van der Waals surface area contributed by atoms with Gasteiger partial charge in [-0.15, -0.1) is 0 Å². The van der Waals surface area contributed by atoms with Crippen molar-refractivity contribution in [1.82, 2.24) is 0 Å². The first-order valence-corrected chi connectivity index (χ1v) is 10.9. The first-order valence-electron chi connectivity index (χ1n) is 9.77. The summed E-state index contributed by atoms with van der Waals surface area (Å²) < 4.78 is -1.74. The number of hydrogen-bond donors (Lipinski definition) is 1. The highest BCUT2D eigenvalue weighted by molar-refractivity contribution is 6.68. The molecule has 0 spiro atoms. The minimum absolute atomic E-state index is 0.0135. The Hall–Kier alpha value is 0.170. The zero-order valence-corrected chi connectivity index (χ0v) is 17.6. The third-order valence-electron chi connectivity index (χ3n) is 8.77. The summed E-state index contributed by atoms with van der Waals surface area (Å²) in [7, 11) is 0. The summed E-state index contributed by atoms with van der Waals surface area (Å²) in [5.74, 6) is 1.09. The second kappa shape index (κ2) is 5.84. The molecular formula is C20H27Cl3O3. The number of Topliss-reactive ketones (excluding diaryl/α,β-unsaturated/α-hetero) is 2. The van der Waals surface area contributed by atoms with Gasteiger partial charge in [-0.3, -0.25) is 9.59 Å². The number of carbonyl (C=O) groups excluding carboxylic acids is 2. The number of aliphatic hydroxyl groups is 1. The topological polar surface area (TPSA) is 54.4 Å². The maximum Gasteiger partial charge on any atom is 0.218 e. The molecule has 0 unspecified atom stereocenters. The van der Waals surface area contributed by atoms with Crippen molar-refractivity contribution >= 4 is 46.4 Å². The van der Waals surface area contributed by atoms with Crippen LogP contribution in [0.4, 0.5) is 0 Å². The first-order chi connectivity index (χ1) is 11.9. The lowest BCUT2D eigenvalue weighted by Crippen LogP contribution is -2.60. The molecule has 1 N–H and O–H groups in total. The molecule has 4 fully saturated rings. The Kier molecular flexibility index (Phi) is 4.38. The van der Waals surface area contributed by atoms with E-state index in [0.717, 1.165) is 25.7 Å². The molecule has 7 atom stereocenters. The van der Waals surface area contributed by atoms with E-state index in [2.05, 4.69) is 13.8 Å². The first kappa shape index (κ1) is 19.5. The number of ketones is 2. The van der Waals surface area contributed by atoms with Gasteiger partial charge in [-0.25, -0.2) is 0 Å². The van der Waals surface area contributed by atoms with Gasteiger partial charge in [0.2, 0.25) is 3.79 Å². The molecule has 0 aromatic carbocycles. The van der Waals surface area contributed by atoms with Crippen molar-refractivity contribution in [3.63, 3.8) is 0 Å². The zero-order valence-electron chi connectivity index (χ0n) is 15.4. The van der Waals surface area contributed by atoms with Gasteiger partial charge in [0.15, 0.2) is 0 Å². The lowest BCUT2D eigenvalue weighted by atomic mass is 9.44. The van der Waals surface area contributed by atoms with Crippen LogP contribution in [0.3, 0.4) is 0 Å². The van der Waals surface area contributed by atoms with E-state index in [4.69, 9.17) is 34.8 Å². The van der Waals surface area contributed by atoms with Gasteiger partial charge in [0.1, 0.15) is 17.2 Å². The minimum Gasteiger partial charge on any atom is -0.385 e. The molecule has 0 saturated heterocycles. The van der Waals surface area contributed by atoms with Crippen LogP contribution in [0.2, 0.25) is 0 Å². The average Bonchev–Trinajstić information content (AvgIpc) is 2.84. The molecule has 6 heteroatoms. The molecule has 0 radical (unpaired) electrons. The predicted octanol–water partition coefficient (Wildman–Crippen LogP) is 4.88.